The van der Waals surface area contributed by atoms with Gasteiger partial charge in [0.25, 0.3) is 0 Å². The second-order valence-corrected chi connectivity index (χ2v) is 35.7. The number of carbonyl (C=O) groups is 4. The van der Waals surface area contributed by atoms with E-state index in [2.05, 4.69) is 48.5 Å². The van der Waals surface area contributed by atoms with Crippen molar-refractivity contribution in [2.24, 2.45) is 17.8 Å². The number of aliphatic hydroxyl groups is 1. The lowest BCUT2D eigenvalue weighted by molar-refractivity contribution is -0.161. The number of esters is 4. The van der Waals surface area contributed by atoms with Crippen LogP contribution in [0, 0.1) is 17.8 Å². The number of hydrogen-bond acceptors (Lipinski definition) is 15. The smallest absolute Gasteiger partial charge is 0.462 e. The molecule has 0 aliphatic rings. The van der Waals surface area contributed by atoms with Crippen molar-refractivity contribution >= 4 is 39.5 Å². The molecule has 6 atom stereocenters. The van der Waals surface area contributed by atoms with Gasteiger partial charge in [0.1, 0.15) is 19.3 Å². The fourth-order valence-electron chi connectivity index (χ4n) is 13.7. The summed E-state index contributed by atoms with van der Waals surface area (Å²) in [5.74, 6) is 0.275. The zero-order valence-corrected chi connectivity index (χ0v) is 72.4. The summed E-state index contributed by atoms with van der Waals surface area (Å²) in [6.45, 7) is 12.0. The fraction of sp³-hybridized carbons (Fsp3) is 0.955. The number of aliphatic hydroxyl groups excluding tert-OH is 1. The van der Waals surface area contributed by atoms with E-state index in [9.17, 15) is 43.2 Å². The summed E-state index contributed by atoms with van der Waals surface area (Å²) in [5, 5.41) is 10.7. The van der Waals surface area contributed by atoms with Gasteiger partial charge in [0.05, 0.1) is 26.4 Å². The summed E-state index contributed by atoms with van der Waals surface area (Å²) in [5.41, 5.74) is 0. The molecule has 0 heterocycles. The average molecular weight is 1560 g/mol. The van der Waals surface area contributed by atoms with Gasteiger partial charge < -0.3 is 33.8 Å². The van der Waals surface area contributed by atoms with E-state index in [1.54, 1.807) is 0 Å². The molecule has 0 fully saturated rings. The van der Waals surface area contributed by atoms with Crippen LogP contribution in [0.2, 0.25) is 0 Å². The van der Waals surface area contributed by atoms with Gasteiger partial charge in [-0.05, 0) is 43.4 Å². The molecule has 0 aromatic rings. The van der Waals surface area contributed by atoms with Gasteiger partial charge in [-0.1, -0.05) is 414 Å². The fourth-order valence-corrected chi connectivity index (χ4v) is 15.3. The zero-order chi connectivity index (χ0) is 78.6. The molecule has 0 spiro atoms. The Labute approximate surface area is 658 Å². The van der Waals surface area contributed by atoms with E-state index < -0.39 is 97.5 Å². The molecule has 636 valence electrons. The van der Waals surface area contributed by atoms with Crippen molar-refractivity contribution in [2.75, 3.05) is 39.6 Å². The molecule has 19 heteroatoms. The molecule has 0 rings (SSSR count). The van der Waals surface area contributed by atoms with Crippen molar-refractivity contribution in [1.29, 1.82) is 0 Å². The Kier molecular flexibility index (Phi) is 76.6. The average Bonchev–Trinajstić information content (AvgIpc) is 0.930. The van der Waals surface area contributed by atoms with Gasteiger partial charge in [-0.2, -0.15) is 0 Å². The number of ether oxygens (including phenoxy) is 4. The van der Waals surface area contributed by atoms with Gasteiger partial charge in [0, 0.05) is 25.7 Å². The Morgan fingerprint density at radius 1 is 0.271 bits per heavy atom. The van der Waals surface area contributed by atoms with Gasteiger partial charge in [-0.15, -0.1) is 0 Å². The first-order valence-electron chi connectivity index (χ1n) is 45.4. The van der Waals surface area contributed by atoms with E-state index in [0.717, 1.165) is 108 Å². The minimum Gasteiger partial charge on any atom is -0.462 e. The molecule has 0 bridgehead atoms. The van der Waals surface area contributed by atoms with Crippen LogP contribution in [0.4, 0.5) is 0 Å². The monoisotopic (exact) mass is 1560 g/mol. The normalized spacial score (nSPS) is 14.1. The Bertz CT molecular complexity index is 2060. The molecule has 0 aliphatic heterocycles. The maximum absolute atomic E-state index is 13.2. The third-order valence-corrected chi connectivity index (χ3v) is 22.9. The number of hydrogen-bond donors (Lipinski definition) is 3. The molecule has 0 aromatic carbocycles. The highest BCUT2D eigenvalue weighted by molar-refractivity contribution is 7.47. The van der Waals surface area contributed by atoms with E-state index in [1.165, 1.54) is 276 Å². The Balaban J connectivity index is 5.26. The first-order valence-corrected chi connectivity index (χ1v) is 48.4. The Morgan fingerprint density at radius 2 is 0.477 bits per heavy atom. The van der Waals surface area contributed by atoms with Gasteiger partial charge in [0.15, 0.2) is 12.2 Å². The number of phosphoric acid groups is 2. The van der Waals surface area contributed by atoms with Crippen LogP contribution in [0.15, 0.2) is 0 Å². The van der Waals surface area contributed by atoms with Crippen LogP contribution in [0.3, 0.4) is 0 Å². The first-order chi connectivity index (χ1) is 51.8. The highest BCUT2D eigenvalue weighted by Crippen LogP contribution is 2.45. The molecular formula is C88H172O17P2. The molecule has 3 N–H and O–H groups in total. The van der Waals surface area contributed by atoms with Crippen molar-refractivity contribution in [3.05, 3.63) is 0 Å². The zero-order valence-electron chi connectivity index (χ0n) is 70.6. The van der Waals surface area contributed by atoms with Crippen LogP contribution in [0.25, 0.3) is 0 Å². The van der Waals surface area contributed by atoms with E-state index in [-0.39, 0.29) is 25.7 Å². The number of rotatable bonds is 86. The van der Waals surface area contributed by atoms with E-state index in [4.69, 9.17) is 37.0 Å². The van der Waals surface area contributed by atoms with Gasteiger partial charge >= 0.3 is 39.5 Å². The number of phosphoric ester groups is 2. The maximum Gasteiger partial charge on any atom is 0.472 e. The lowest BCUT2D eigenvalue weighted by Crippen LogP contribution is -2.30. The van der Waals surface area contributed by atoms with Crippen molar-refractivity contribution < 1.29 is 80.2 Å². The van der Waals surface area contributed by atoms with Crippen LogP contribution in [0.1, 0.15) is 466 Å². The summed E-state index contributed by atoms with van der Waals surface area (Å²) >= 11 is 0. The molecule has 0 radical (unpaired) electrons. The minimum absolute atomic E-state index is 0.107. The van der Waals surface area contributed by atoms with Crippen LogP contribution in [0.5, 0.6) is 0 Å². The van der Waals surface area contributed by atoms with E-state index >= 15 is 0 Å². The van der Waals surface area contributed by atoms with Crippen LogP contribution >= 0.6 is 15.6 Å². The lowest BCUT2D eigenvalue weighted by atomic mass is 9.99. The molecule has 0 amide bonds. The summed E-state index contributed by atoms with van der Waals surface area (Å²) in [6.07, 6.45) is 69.4. The SMILES string of the molecule is CCCCCCCCCCCCCCCCCCCCCCC(=O)O[C@H](COC(=O)CCCCCCCCCCCCCCCCCCC(C)C)COP(=O)(O)OC[C@@H](O)COP(=O)(O)OC[C@@H](COC(=O)CCCCCCCCCCC(C)CC)OC(=O)CCCCCCCCCCCCCCCC(C)C. The van der Waals surface area contributed by atoms with Crippen LogP contribution in [-0.2, 0) is 65.4 Å². The quantitative estimate of drug-likeness (QED) is 0.0222. The summed E-state index contributed by atoms with van der Waals surface area (Å²) in [7, 11) is -9.93. The number of carbonyl (C=O) groups excluding carboxylic acids is 4. The molecule has 17 nitrogen and oxygen atoms in total. The minimum atomic E-state index is -4.97. The summed E-state index contributed by atoms with van der Waals surface area (Å²) in [4.78, 5) is 73.3. The van der Waals surface area contributed by atoms with Crippen molar-refractivity contribution in [3.63, 3.8) is 0 Å². The second-order valence-electron chi connectivity index (χ2n) is 32.8. The van der Waals surface area contributed by atoms with Gasteiger partial charge in [-0.25, -0.2) is 9.13 Å². The van der Waals surface area contributed by atoms with Gasteiger partial charge in [0.2, 0.25) is 0 Å². The van der Waals surface area contributed by atoms with E-state index in [0.29, 0.717) is 25.7 Å². The first kappa shape index (κ1) is 105. The Morgan fingerprint density at radius 3 is 0.710 bits per heavy atom. The third-order valence-electron chi connectivity index (χ3n) is 21.0. The van der Waals surface area contributed by atoms with Crippen molar-refractivity contribution in [2.45, 2.75) is 484 Å². The molecule has 0 saturated carbocycles. The van der Waals surface area contributed by atoms with Crippen molar-refractivity contribution in [1.82, 2.24) is 0 Å². The molecule has 0 aliphatic carbocycles. The van der Waals surface area contributed by atoms with Gasteiger partial charge in [-0.3, -0.25) is 37.3 Å². The standard InChI is InChI=1S/C88H172O17P2/c1-8-10-11-12-13-14-15-16-17-18-19-20-21-26-31-36-41-50-57-64-71-87(92)104-83(75-98-85(90)69-62-55-48-40-35-30-25-23-22-24-28-33-38-45-52-59-66-79(3)4)77-102-106(94,95)100-73-82(89)74-101-107(96,97)103-78-84(76-99-86(91)70-63-56-49-44-43-47-54-61-68-81(7)9-2)105-88(93)72-65-58-51-42-37-32-27-29-34-39-46-53-60-67-80(5)6/h79-84,89H,8-78H2,1-7H3,(H,94,95)(H,96,97)/t81?,82-,83-,84-/m1/s1. The van der Waals surface area contributed by atoms with Crippen LogP contribution < -0.4 is 0 Å². The van der Waals surface area contributed by atoms with Crippen LogP contribution in [-0.4, -0.2) is 96.7 Å². The predicted molar refractivity (Wildman–Crippen MR) is 441 cm³/mol. The predicted octanol–water partition coefficient (Wildman–Crippen LogP) is 26.9. The highest BCUT2D eigenvalue weighted by Gasteiger charge is 2.31. The molecule has 0 saturated heterocycles. The molecule has 3 unspecified atom stereocenters. The topological polar surface area (TPSA) is 237 Å². The number of unbranched alkanes of at least 4 members (excludes halogenated alkanes) is 53. The molecule has 0 aromatic heterocycles. The second kappa shape index (κ2) is 78.0. The highest BCUT2D eigenvalue weighted by atomic mass is 31.2. The maximum atomic E-state index is 13.2. The lowest BCUT2D eigenvalue weighted by Gasteiger charge is -2.21. The van der Waals surface area contributed by atoms with E-state index in [1.807, 2.05) is 0 Å². The summed E-state index contributed by atoms with van der Waals surface area (Å²) < 4.78 is 69.0. The molecule has 107 heavy (non-hydrogen) atoms. The Hall–Kier alpha value is -1.94. The largest absolute Gasteiger partial charge is 0.472 e. The van der Waals surface area contributed by atoms with Crippen molar-refractivity contribution in [3.8, 4) is 0 Å². The third kappa shape index (κ3) is 80.5. The summed E-state index contributed by atoms with van der Waals surface area (Å²) in [6, 6.07) is 0. The molecular weight excluding hydrogens is 1390 g/mol.